The van der Waals surface area contributed by atoms with E-state index in [-0.39, 0.29) is 34.0 Å². The summed E-state index contributed by atoms with van der Waals surface area (Å²) in [7, 11) is 0. The van der Waals surface area contributed by atoms with Crippen molar-refractivity contribution in [1.29, 1.82) is 0 Å². The van der Waals surface area contributed by atoms with Gasteiger partial charge in [-0.2, -0.15) is 0 Å². The van der Waals surface area contributed by atoms with E-state index in [1.807, 2.05) is 0 Å². The quantitative estimate of drug-likeness (QED) is 0.204. The third-order valence-corrected chi connectivity index (χ3v) is 5.49. The summed E-state index contributed by atoms with van der Waals surface area (Å²) in [6.45, 7) is -0.514. The molecule has 0 unspecified atom stereocenters. The Morgan fingerprint density at radius 1 is 0.697 bits per heavy atom. The van der Waals surface area contributed by atoms with Gasteiger partial charge >= 0.3 is 5.97 Å². The third-order valence-electron chi connectivity index (χ3n) is 5.49. The topological polar surface area (TPSA) is 97.8 Å². The molecule has 0 fully saturated rings. The monoisotopic (exact) mass is 437 g/mol. The van der Waals surface area contributed by atoms with Gasteiger partial charge in [0.1, 0.15) is 12.3 Å². The number of hydrogen-bond acceptors (Lipinski definition) is 6. The van der Waals surface area contributed by atoms with Crippen LogP contribution in [-0.4, -0.2) is 40.8 Å². The van der Waals surface area contributed by atoms with Crippen molar-refractivity contribution < 1.29 is 28.7 Å². The Balaban J connectivity index is 1.27. The minimum atomic E-state index is -0.771. The molecule has 2 aliphatic rings. The number of amides is 2. The van der Waals surface area contributed by atoms with Gasteiger partial charge in [0.05, 0.1) is 16.7 Å². The highest BCUT2D eigenvalue weighted by atomic mass is 16.5. The van der Waals surface area contributed by atoms with Gasteiger partial charge in [0.2, 0.25) is 0 Å². The van der Waals surface area contributed by atoms with Gasteiger partial charge in [-0.25, -0.2) is 4.79 Å². The van der Waals surface area contributed by atoms with Gasteiger partial charge < -0.3 is 4.74 Å². The molecule has 33 heavy (non-hydrogen) atoms. The SMILES string of the molecule is O=C(CN1C(=O)c2ccccc2C1=O)Oc1ccc(C=C2C(=O)c3ccccc3C2=O)cc1. The Hall–Kier alpha value is -4.65. The largest absolute Gasteiger partial charge is 0.425 e. The number of fused-ring (bicyclic) bond motifs is 2. The Morgan fingerprint density at radius 2 is 1.18 bits per heavy atom. The number of esters is 1. The lowest BCUT2D eigenvalue weighted by atomic mass is 10.1. The molecule has 3 aromatic carbocycles. The maximum atomic E-state index is 12.5. The molecular weight excluding hydrogens is 422 g/mol. The lowest BCUT2D eigenvalue weighted by Crippen LogP contribution is -2.36. The molecule has 5 rings (SSSR count). The normalized spacial score (nSPS) is 14.4. The molecule has 1 heterocycles. The predicted octanol–water partition coefficient (Wildman–Crippen LogP) is 3.35. The number of carbonyl (C=O) groups is 5. The Kier molecular flexibility index (Phi) is 4.79. The van der Waals surface area contributed by atoms with Gasteiger partial charge in [-0.15, -0.1) is 0 Å². The van der Waals surface area contributed by atoms with Crippen molar-refractivity contribution >= 4 is 35.4 Å². The zero-order valence-electron chi connectivity index (χ0n) is 17.1. The van der Waals surface area contributed by atoms with Crippen LogP contribution in [0, 0.1) is 0 Å². The first kappa shape index (κ1) is 20.3. The first-order chi connectivity index (χ1) is 15.9. The number of Topliss-reactive ketones (excluding diaryl/α,β-unsaturated/α-hetero) is 2. The van der Waals surface area contributed by atoms with Gasteiger partial charge in [-0.05, 0) is 35.9 Å². The van der Waals surface area contributed by atoms with Gasteiger partial charge in [0, 0.05) is 11.1 Å². The molecule has 0 bridgehead atoms. The first-order valence-electron chi connectivity index (χ1n) is 10.1. The summed E-state index contributed by atoms with van der Waals surface area (Å²) in [5.41, 5.74) is 1.93. The molecule has 7 nitrogen and oxygen atoms in total. The second-order valence-electron chi connectivity index (χ2n) is 7.55. The smallest absolute Gasteiger partial charge is 0.331 e. The van der Waals surface area contributed by atoms with Crippen LogP contribution < -0.4 is 4.74 Å². The molecule has 0 saturated carbocycles. The van der Waals surface area contributed by atoms with E-state index in [1.165, 1.54) is 30.3 Å². The number of ketones is 2. The number of carbonyl (C=O) groups excluding carboxylic acids is 5. The lowest BCUT2D eigenvalue weighted by Gasteiger charge is -2.13. The average molecular weight is 437 g/mol. The van der Waals surface area contributed by atoms with Crippen LogP contribution in [0.2, 0.25) is 0 Å². The van der Waals surface area contributed by atoms with E-state index in [0.717, 1.165) is 4.90 Å². The first-order valence-corrected chi connectivity index (χ1v) is 10.1. The fourth-order valence-corrected chi connectivity index (χ4v) is 3.88. The highest BCUT2D eigenvalue weighted by Gasteiger charge is 2.36. The van der Waals surface area contributed by atoms with E-state index in [1.54, 1.807) is 48.5 Å². The predicted molar refractivity (Wildman–Crippen MR) is 117 cm³/mol. The number of imide groups is 1. The molecule has 3 aromatic rings. The molecule has 0 saturated heterocycles. The summed E-state index contributed by atoms with van der Waals surface area (Å²) in [6.07, 6.45) is 1.50. The summed E-state index contributed by atoms with van der Waals surface area (Å²) in [5.74, 6) is -2.31. The van der Waals surface area contributed by atoms with E-state index in [0.29, 0.717) is 16.7 Å². The van der Waals surface area contributed by atoms with Crippen LogP contribution in [-0.2, 0) is 4.79 Å². The second kappa shape index (κ2) is 7.80. The van der Waals surface area contributed by atoms with Crippen molar-refractivity contribution in [2.45, 2.75) is 0 Å². The van der Waals surface area contributed by atoms with Crippen molar-refractivity contribution in [1.82, 2.24) is 4.90 Å². The van der Waals surface area contributed by atoms with Crippen LogP contribution in [0.15, 0.2) is 78.4 Å². The highest BCUT2D eigenvalue weighted by Crippen LogP contribution is 2.28. The molecule has 160 valence electrons. The van der Waals surface area contributed by atoms with Crippen LogP contribution in [0.4, 0.5) is 0 Å². The summed E-state index contributed by atoms with van der Waals surface area (Å²) in [6, 6.07) is 19.2. The van der Waals surface area contributed by atoms with Crippen molar-refractivity contribution in [2.75, 3.05) is 6.54 Å². The van der Waals surface area contributed by atoms with E-state index in [9.17, 15) is 24.0 Å². The fourth-order valence-electron chi connectivity index (χ4n) is 3.88. The Morgan fingerprint density at radius 3 is 1.70 bits per heavy atom. The Bertz CT molecular complexity index is 1330. The number of allylic oxidation sites excluding steroid dienone is 1. The van der Waals surface area contributed by atoms with Crippen LogP contribution in [0.25, 0.3) is 6.08 Å². The number of benzene rings is 3. The third kappa shape index (κ3) is 3.45. The van der Waals surface area contributed by atoms with Gasteiger partial charge in [-0.1, -0.05) is 48.5 Å². The maximum absolute atomic E-state index is 12.5. The summed E-state index contributed by atoms with van der Waals surface area (Å²) >= 11 is 0. The zero-order valence-corrected chi connectivity index (χ0v) is 17.1. The van der Waals surface area contributed by atoms with E-state index >= 15 is 0 Å². The molecule has 0 N–H and O–H groups in total. The molecule has 0 atom stereocenters. The second-order valence-corrected chi connectivity index (χ2v) is 7.55. The average Bonchev–Trinajstić information content (AvgIpc) is 3.21. The minimum absolute atomic E-state index is 0.0755. The number of rotatable bonds is 4. The highest BCUT2D eigenvalue weighted by molar-refractivity contribution is 6.41. The van der Waals surface area contributed by atoms with Gasteiger partial charge in [0.25, 0.3) is 11.8 Å². The summed E-state index contributed by atoms with van der Waals surface area (Å²) < 4.78 is 5.25. The minimum Gasteiger partial charge on any atom is -0.425 e. The van der Waals surface area contributed by atoms with Crippen LogP contribution in [0.5, 0.6) is 5.75 Å². The van der Waals surface area contributed by atoms with Gasteiger partial charge in [-0.3, -0.25) is 24.1 Å². The zero-order chi connectivity index (χ0) is 23.1. The molecule has 0 radical (unpaired) electrons. The molecule has 1 aliphatic heterocycles. The van der Waals surface area contributed by atoms with E-state index in [4.69, 9.17) is 4.74 Å². The van der Waals surface area contributed by atoms with Crippen molar-refractivity contribution in [3.63, 3.8) is 0 Å². The van der Waals surface area contributed by atoms with Crippen molar-refractivity contribution in [3.05, 3.63) is 106 Å². The number of ether oxygens (including phenoxy) is 1. The fraction of sp³-hybridized carbons (Fsp3) is 0.0385. The molecule has 7 heteroatoms. The summed E-state index contributed by atoms with van der Waals surface area (Å²) in [4.78, 5) is 62.9. The molecule has 0 aromatic heterocycles. The standard InChI is InChI=1S/C26H15NO6/c28-22(14-27-25(31)19-7-3-4-8-20(19)26(27)32)33-16-11-9-15(10-12-16)13-21-23(29)17-5-1-2-6-18(17)24(21)30/h1-13H,14H2. The lowest BCUT2D eigenvalue weighted by molar-refractivity contribution is -0.134. The Labute approximate surface area is 187 Å². The molecule has 2 amide bonds. The number of hydrogen-bond donors (Lipinski definition) is 0. The summed E-state index contributed by atoms with van der Waals surface area (Å²) in [5, 5.41) is 0. The van der Waals surface area contributed by atoms with E-state index < -0.39 is 24.3 Å². The molecule has 0 spiro atoms. The van der Waals surface area contributed by atoms with Crippen LogP contribution in [0.3, 0.4) is 0 Å². The van der Waals surface area contributed by atoms with Crippen LogP contribution >= 0.6 is 0 Å². The van der Waals surface area contributed by atoms with Crippen LogP contribution in [0.1, 0.15) is 47.0 Å². The van der Waals surface area contributed by atoms with Crippen molar-refractivity contribution in [2.24, 2.45) is 0 Å². The maximum Gasteiger partial charge on any atom is 0.331 e. The number of nitrogens with zero attached hydrogens (tertiary/aromatic N) is 1. The van der Waals surface area contributed by atoms with Crippen molar-refractivity contribution in [3.8, 4) is 5.75 Å². The van der Waals surface area contributed by atoms with Gasteiger partial charge in [0.15, 0.2) is 11.6 Å². The molecular formula is C26H15NO6. The van der Waals surface area contributed by atoms with E-state index in [2.05, 4.69) is 0 Å². The molecule has 1 aliphatic carbocycles.